The average Bonchev–Trinajstić information content (AvgIpc) is 2.34. The van der Waals surface area contributed by atoms with E-state index in [0.717, 1.165) is 16.9 Å². The number of nitrogens with two attached hydrogens (primary N) is 1. The molecule has 0 bridgehead atoms. The molecule has 0 heterocycles. The quantitative estimate of drug-likeness (QED) is 0.874. The lowest BCUT2D eigenvalue weighted by Gasteiger charge is -2.09. The van der Waals surface area contributed by atoms with Crippen molar-refractivity contribution in [1.29, 1.82) is 0 Å². The van der Waals surface area contributed by atoms with Gasteiger partial charge >= 0.3 is 0 Å². The van der Waals surface area contributed by atoms with Crippen molar-refractivity contribution in [2.24, 2.45) is 5.73 Å². The second kappa shape index (κ2) is 5.41. The molecule has 0 aliphatic rings. The first kappa shape index (κ1) is 12.2. The fourth-order valence-electron chi connectivity index (χ4n) is 1.47. The first-order valence-corrected chi connectivity index (χ1v) is 5.96. The first-order valence-electron chi connectivity index (χ1n) is 5.20. The maximum Gasteiger partial charge on any atom is 0.0655 e. The monoisotopic (exact) mass is 266 g/mol. The van der Waals surface area contributed by atoms with E-state index < -0.39 is 0 Å². The van der Waals surface area contributed by atoms with Gasteiger partial charge in [0.25, 0.3) is 0 Å². The van der Waals surface area contributed by atoms with Crippen molar-refractivity contribution >= 4 is 34.6 Å². The third kappa shape index (κ3) is 3.13. The molecule has 88 valence electrons. The fraction of sp³-hybridized carbons (Fsp3) is 0.0769. The van der Waals surface area contributed by atoms with E-state index in [2.05, 4.69) is 5.32 Å². The number of hydrogen-bond donors (Lipinski definition) is 2. The average molecular weight is 267 g/mol. The van der Waals surface area contributed by atoms with Gasteiger partial charge in [-0.15, -0.1) is 0 Å². The van der Waals surface area contributed by atoms with E-state index in [1.807, 2.05) is 30.3 Å². The number of benzene rings is 2. The molecular weight excluding hydrogens is 255 g/mol. The maximum atomic E-state index is 6.07. The summed E-state index contributed by atoms with van der Waals surface area (Å²) in [4.78, 5) is 0. The lowest BCUT2D eigenvalue weighted by atomic mass is 10.2. The second-order valence-corrected chi connectivity index (χ2v) is 4.49. The van der Waals surface area contributed by atoms with Crippen molar-refractivity contribution in [3.8, 4) is 0 Å². The molecule has 0 radical (unpaired) electrons. The van der Waals surface area contributed by atoms with Crippen LogP contribution in [0.15, 0.2) is 42.5 Å². The molecular formula is C13H12Cl2N2. The third-order valence-corrected chi connectivity index (χ3v) is 2.95. The van der Waals surface area contributed by atoms with E-state index in [4.69, 9.17) is 28.9 Å². The van der Waals surface area contributed by atoms with Crippen LogP contribution in [0.1, 0.15) is 5.56 Å². The van der Waals surface area contributed by atoms with Gasteiger partial charge in [-0.3, -0.25) is 0 Å². The zero-order valence-corrected chi connectivity index (χ0v) is 10.6. The highest BCUT2D eigenvalue weighted by Gasteiger charge is 2.01. The van der Waals surface area contributed by atoms with E-state index in [-0.39, 0.29) is 0 Å². The van der Waals surface area contributed by atoms with E-state index in [0.29, 0.717) is 16.6 Å². The van der Waals surface area contributed by atoms with Crippen molar-refractivity contribution in [3.63, 3.8) is 0 Å². The Morgan fingerprint density at radius 3 is 2.29 bits per heavy atom. The predicted molar refractivity (Wildman–Crippen MR) is 74.1 cm³/mol. The highest BCUT2D eigenvalue weighted by atomic mass is 35.5. The van der Waals surface area contributed by atoms with Gasteiger partial charge in [-0.2, -0.15) is 0 Å². The molecule has 0 saturated carbocycles. The molecule has 2 aromatic rings. The smallest absolute Gasteiger partial charge is 0.0655 e. The Hall–Kier alpha value is -1.22. The minimum atomic E-state index is 0.544. The van der Waals surface area contributed by atoms with Crippen LogP contribution in [0, 0.1) is 0 Å². The molecule has 17 heavy (non-hydrogen) atoms. The topological polar surface area (TPSA) is 38.0 Å². The molecule has 0 aliphatic heterocycles. The van der Waals surface area contributed by atoms with Crippen LogP contribution >= 0.6 is 23.2 Å². The lowest BCUT2D eigenvalue weighted by Crippen LogP contribution is -1.96. The lowest BCUT2D eigenvalue weighted by molar-refractivity contribution is 1.07. The zero-order chi connectivity index (χ0) is 12.3. The van der Waals surface area contributed by atoms with E-state index in [9.17, 15) is 0 Å². The number of nitrogens with one attached hydrogen (secondary N) is 1. The summed E-state index contributed by atoms with van der Waals surface area (Å²) in [6.45, 7) is 0.544. The van der Waals surface area contributed by atoms with Gasteiger partial charge < -0.3 is 11.1 Å². The van der Waals surface area contributed by atoms with Crippen LogP contribution in [-0.4, -0.2) is 0 Å². The highest BCUT2D eigenvalue weighted by Crippen LogP contribution is 2.28. The van der Waals surface area contributed by atoms with Crippen LogP contribution < -0.4 is 11.1 Å². The summed E-state index contributed by atoms with van der Waals surface area (Å²) in [5, 5.41) is 4.44. The Kier molecular flexibility index (Phi) is 3.89. The van der Waals surface area contributed by atoms with Gasteiger partial charge in [-0.05, 0) is 35.9 Å². The van der Waals surface area contributed by atoms with Gasteiger partial charge in [0, 0.05) is 17.3 Å². The fourth-order valence-corrected chi connectivity index (χ4v) is 1.93. The maximum absolute atomic E-state index is 6.07. The van der Waals surface area contributed by atoms with Crippen molar-refractivity contribution in [1.82, 2.24) is 0 Å². The molecule has 0 fully saturated rings. The molecule has 0 unspecified atom stereocenters. The summed E-state index contributed by atoms with van der Waals surface area (Å²) >= 11 is 11.9. The van der Waals surface area contributed by atoms with Crippen LogP contribution in [0.2, 0.25) is 10.0 Å². The zero-order valence-electron chi connectivity index (χ0n) is 9.08. The minimum Gasteiger partial charge on any atom is -0.354 e. The van der Waals surface area contributed by atoms with Gasteiger partial charge in [0.05, 0.1) is 10.7 Å². The second-order valence-electron chi connectivity index (χ2n) is 3.65. The van der Waals surface area contributed by atoms with Gasteiger partial charge in [-0.25, -0.2) is 0 Å². The Morgan fingerprint density at radius 2 is 1.71 bits per heavy atom. The molecule has 3 N–H and O–H groups in total. The van der Waals surface area contributed by atoms with Crippen molar-refractivity contribution in [2.75, 3.05) is 5.32 Å². The Morgan fingerprint density at radius 1 is 1.00 bits per heavy atom. The molecule has 0 saturated heterocycles. The molecule has 0 amide bonds. The van der Waals surface area contributed by atoms with Crippen LogP contribution in [-0.2, 0) is 6.54 Å². The van der Waals surface area contributed by atoms with E-state index in [1.54, 1.807) is 12.1 Å². The van der Waals surface area contributed by atoms with Crippen LogP contribution in [0.25, 0.3) is 0 Å². The van der Waals surface area contributed by atoms with Gasteiger partial charge in [0.2, 0.25) is 0 Å². The van der Waals surface area contributed by atoms with Crippen LogP contribution in [0.5, 0.6) is 0 Å². The van der Waals surface area contributed by atoms with Crippen molar-refractivity contribution < 1.29 is 0 Å². The third-order valence-electron chi connectivity index (χ3n) is 2.40. The number of hydrogen-bond acceptors (Lipinski definition) is 2. The molecule has 0 aliphatic carbocycles. The minimum absolute atomic E-state index is 0.544. The predicted octanol–water partition coefficient (Wildman–Crippen LogP) is 4.20. The van der Waals surface area contributed by atoms with Crippen molar-refractivity contribution in [2.45, 2.75) is 6.54 Å². The van der Waals surface area contributed by atoms with E-state index >= 15 is 0 Å². The normalized spacial score (nSPS) is 10.3. The van der Waals surface area contributed by atoms with Gasteiger partial charge in [0.15, 0.2) is 0 Å². The van der Waals surface area contributed by atoms with Gasteiger partial charge in [0.1, 0.15) is 0 Å². The molecule has 0 aromatic heterocycles. The number of halogens is 2. The Bertz CT molecular complexity index is 509. The Balaban J connectivity index is 2.19. The SMILES string of the molecule is NCc1ccc(Nc2ccc(Cl)cc2Cl)cc1. The number of anilines is 2. The summed E-state index contributed by atoms with van der Waals surface area (Å²) in [7, 11) is 0. The summed E-state index contributed by atoms with van der Waals surface area (Å²) in [6, 6.07) is 13.2. The summed E-state index contributed by atoms with van der Waals surface area (Å²) in [6.07, 6.45) is 0. The number of rotatable bonds is 3. The van der Waals surface area contributed by atoms with Gasteiger partial charge in [-0.1, -0.05) is 35.3 Å². The van der Waals surface area contributed by atoms with Crippen LogP contribution in [0.3, 0.4) is 0 Å². The molecule has 2 aromatic carbocycles. The van der Waals surface area contributed by atoms with E-state index in [1.165, 1.54) is 0 Å². The van der Waals surface area contributed by atoms with Crippen molar-refractivity contribution in [3.05, 3.63) is 58.1 Å². The molecule has 0 spiro atoms. The highest BCUT2D eigenvalue weighted by molar-refractivity contribution is 6.36. The van der Waals surface area contributed by atoms with Crippen LogP contribution in [0.4, 0.5) is 11.4 Å². The Labute approximate surface area is 110 Å². The molecule has 4 heteroatoms. The standard InChI is InChI=1S/C13H12Cl2N2/c14-10-3-6-13(12(15)7-10)17-11-4-1-9(8-16)2-5-11/h1-7,17H,8,16H2. The molecule has 2 rings (SSSR count). The largest absolute Gasteiger partial charge is 0.354 e. The molecule has 2 nitrogen and oxygen atoms in total. The summed E-state index contributed by atoms with van der Waals surface area (Å²) < 4.78 is 0. The first-order chi connectivity index (χ1) is 8.19. The molecule has 0 atom stereocenters. The summed E-state index contributed by atoms with van der Waals surface area (Å²) in [5.74, 6) is 0. The summed E-state index contributed by atoms with van der Waals surface area (Å²) in [5.41, 5.74) is 8.43.